The van der Waals surface area contributed by atoms with Crippen molar-refractivity contribution >= 4 is 16.9 Å². The van der Waals surface area contributed by atoms with Crippen LogP contribution in [0.2, 0.25) is 0 Å². The Labute approximate surface area is 124 Å². The first-order valence-electron chi connectivity index (χ1n) is 8.08. The van der Waals surface area contributed by atoms with Crippen LogP contribution in [0.5, 0.6) is 0 Å². The van der Waals surface area contributed by atoms with Crippen LogP contribution in [0.25, 0.3) is 11.0 Å². The van der Waals surface area contributed by atoms with Crippen molar-refractivity contribution in [2.24, 2.45) is 0 Å². The van der Waals surface area contributed by atoms with Gasteiger partial charge in [0.05, 0.1) is 12.0 Å². The number of fused-ring (bicyclic) bond motifs is 1. The summed E-state index contributed by atoms with van der Waals surface area (Å²) in [6, 6.07) is 0.555. The highest BCUT2D eigenvalue weighted by atomic mass is 16.5. The van der Waals surface area contributed by atoms with E-state index in [1.165, 1.54) is 43.1 Å². The minimum atomic E-state index is 0.469. The maximum absolute atomic E-state index is 5.54. The Hall–Kier alpha value is -1.62. The van der Waals surface area contributed by atoms with Crippen molar-refractivity contribution in [2.75, 3.05) is 18.5 Å². The Morgan fingerprint density at radius 2 is 2.05 bits per heavy atom. The van der Waals surface area contributed by atoms with E-state index in [1.54, 1.807) is 6.33 Å². The monoisotopic (exact) mass is 286 g/mol. The van der Waals surface area contributed by atoms with Crippen LogP contribution in [-0.2, 0) is 4.74 Å². The molecule has 3 heterocycles. The second-order valence-corrected chi connectivity index (χ2v) is 6.23. The molecule has 2 N–H and O–H groups in total. The highest BCUT2D eigenvalue weighted by Crippen LogP contribution is 2.34. The Kier molecular flexibility index (Phi) is 3.51. The van der Waals surface area contributed by atoms with Gasteiger partial charge in [-0.3, -0.25) is 0 Å². The van der Waals surface area contributed by atoms with Gasteiger partial charge in [-0.25, -0.2) is 9.97 Å². The Balaban J connectivity index is 1.68. The van der Waals surface area contributed by atoms with E-state index in [-0.39, 0.29) is 0 Å². The summed E-state index contributed by atoms with van der Waals surface area (Å²) in [6.07, 6.45) is 11.3. The lowest BCUT2D eigenvalue weighted by atomic mass is 9.95. The van der Waals surface area contributed by atoms with Crippen LogP contribution in [0.3, 0.4) is 0 Å². The first-order chi connectivity index (χ1) is 10.4. The predicted molar refractivity (Wildman–Crippen MR) is 82.6 cm³/mol. The quantitative estimate of drug-likeness (QED) is 0.909. The molecule has 21 heavy (non-hydrogen) atoms. The lowest BCUT2D eigenvalue weighted by molar-refractivity contribution is 0.194. The number of hydrogen-bond donors (Lipinski definition) is 2. The highest BCUT2D eigenvalue weighted by molar-refractivity contribution is 5.91. The van der Waals surface area contributed by atoms with Crippen molar-refractivity contribution in [3.05, 3.63) is 18.1 Å². The molecule has 2 aliphatic rings. The van der Waals surface area contributed by atoms with Crippen LogP contribution in [0.4, 0.5) is 5.82 Å². The van der Waals surface area contributed by atoms with Gasteiger partial charge in [0.25, 0.3) is 0 Å². The van der Waals surface area contributed by atoms with E-state index in [9.17, 15) is 0 Å². The summed E-state index contributed by atoms with van der Waals surface area (Å²) in [5.41, 5.74) is 2.24. The molecular weight excluding hydrogens is 264 g/mol. The van der Waals surface area contributed by atoms with Crippen LogP contribution in [0.15, 0.2) is 12.5 Å². The van der Waals surface area contributed by atoms with Gasteiger partial charge in [-0.2, -0.15) is 0 Å². The first-order valence-corrected chi connectivity index (χ1v) is 8.08. The molecule has 1 saturated carbocycles. The van der Waals surface area contributed by atoms with Gasteiger partial charge in [0, 0.05) is 24.8 Å². The molecule has 0 bridgehead atoms. The third kappa shape index (κ3) is 2.50. The van der Waals surface area contributed by atoms with Crippen molar-refractivity contribution in [1.29, 1.82) is 0 Å². The topological polar surface area (TPSA) is 62.8 Å². The minimum absolute atomic E-state index is 0.469. The molecule has 0 radical (unpaired) electrons. The van der Waals surface area contributed by atoms with Gasteiger partial charge in [0.2, 0.25) is 0 Å². The van der Waals surface area contributed by atoms with Gasteiger partial charge < -0.3 is 15.0 Å². The fraction of sp³-hybridized carbons (Fsp3) is 0.625. The molecule has 1 aliphatic heterocycles. The molecule has 112 valence electrons. The molecule has 4 rings (SSSR count). The van der Waals surface area contributed by atoms with Crippen LogP contribution in [0, 0.1) is 0 Å². The third-order valence-corrected chi connectivity index (χ3v) is 4.82. The molecule has 1 aliphatic carbocycles. The van der Waals surface area contributed by atoms with Crippen molar-refractivity contribution < 1.29 is 4.74 Å². The first kappa shape index (κ1) is 13.1. The van der Waals surface area contributed by atoms with Crippen LogP contribution in [0.1, 0.15) is 50.0 Å². The summed E-state index contributed by atoms with van der Waals surface area (Å²) in [5.74, 6) is 1.46. The van der Waals surface area contributed by atoms with Gasteiger partial charge in [-0.15, -0.1) is 0 Å². The summed E-state index contributed by atoms with van der Waals surface area (Å²) in [5, 5.41) is 4.83. The lowest BCUT2D eigenvalue weighted by Gasteiger charge is -2.23. The van der Waals surface area contributed by atoms with Crippen molar-refractivity contribution in [1.82, 2.24) is 15.0 Å². The maximum atomic E-state index is 5.54. The molecule has 2 aromatic rings. The summed E-state index contributed by atoms with van der Waals surface area (Å²) in [7, 11) is 0. The molecule has 1 atom stereocenters. The predicted octanol–water partition coefficient (Wildman–Crippen LogP) is 3.21. The molecule has 0 spiro atoms. The zero-order chi connectivity index (χ0) is 14.1. The van der Waals surface area contributed by atoms with Crippen molar-refractivity contribution in [2.45, 2.75) is 50.5 Å². The minimum Gasteiger partial charge on any atom is -0.381 e. The van der Waals surface area contributed by atoms with E-state index in [0.717, 1.165) is 31.1 Å². The molecule has 0 aromatic carbocycles. The summed E-state index contributed by atoms with van der Waals surface area (Å²) in [6.45, 7) is 1.67. The van der Waals surface area contributed by atoms with Gasteiger partial charge in [-0.1, -0.05) is 19.3 Å². The molecule has 1 unspecified atom stereocenters. The lowest BCUT2D eigenvalue weighted by Crippen LogP contribution is -2.23. The zero-order valence-electron chi connectivity index (χ0n) is 12.3. The SMILES string of the molecule is c1nc(NC2CCCCC2)c2c(C3CCOC3)c[nH]c2n1. The van der Waals surface area contributed by atoms with E-state index in [0.29, 0.717) is 12.0 Å². The fourth-order valence-electron chi connectivity index (χ4n) is 3.64. The van der Waals surface area contributed by atoms with E-state index < -0.39 is 0 Å². The number of ether oxygens (including phenoxy) is 1. The summed E-state index contributed by atoms with van der Waals surface area (Å²) >= 11 is 0. The Morgan fingerprint density at radius 1 is 1.14 bits per heavy atom. The largest absolute Gasteiger partial charge is 0.381 e. The highest BCUT2D eigenvalue weighted by Gasteiger charge is 2.24. The second-order valence-electron chi connectivity index (χ2n) is 6.23. The van der Waals surface area contributed by atoms with Crippen LogP contribution >= 0.6 is 0 Å². The number of anilines is 1. The number of hydrogen-bond acceptors (Lipinski definition) is 4. The number of aromatic nitrogens is 3. The number of H-pyrrole nitrogens is 1. The molecule has 5 nitrogen and oxygen atoms in total. The summed E-state index contributed by atoms with van der Waals surface area (Å²) < 4.78 is 5.54. The molecule has 0 amide bonds. The van der Waals surface area contributed by atoms with Gasteiger partial charge in [-0.05, 0) is 24.8 Å². The number of nitrogens with one attached hydrogen (secondary N) is 2. The van der Waals surface area contributed by atoms with Crippen LogP contribution < -0.4 is 5.32 Å². The Bertz CT molecular complexity index is 612. The molecule has 2 fully saturated rings. The van der Waals surface area contributed by atoms with Gasteiger partial charge in [0.1, 0.15) is 17.8 Å². The zero-order valence-corrected chi connectivity index (χ0v) is 12.3. The van der Waals surface area contributed by atoms with Gasteiger partial charge >= 0.3 is 0 Å². The average Bonchev–Trinajstić information content (AvgIpc) is 3.17. The number of aromatic amines is 1. The summed E-state index contributed by atoms with van der Waals surface area (Å²) in [4.78, 5) is 12.2. The van der Waals surface area contributed by atoms with Crippen molar-refractivity contribution in [3.8, 4) is 0 Å². The molecular formula is C16H22N4O. The average molecular weight is 286 g/mol. The standard InChI is InChI=1S/C16H22N4O/c1-2-4-12(5-3-1)20-16-14-13(11-6-7-21-9-11)8-17-15(14)18-10-19-16/h8,10-12H,1-7,9H2,(H2,17,18,19,20). The number of nitrogens with zero attached hydrogens (tertiary/aromatic N) is 2. The Morgan fingerprint density at radius 3 is 2.86 bits per heavy atom. The van der Waals surface area contributed by atoms with E-state index >= 15 is 0 Å². The van der Waals surface area contributed by atoms with E-state index in [1.807, 2.05) is 0 Å². The fourth-order valence-corrected chi connectivity index (χ4v) is 3.64. The van der Waals surface area contributed by atoms with E-state index in [2.05, 4.69) is 26.5 Å². The molecule has 5 heteroatoms. The maximum Gasteiger partial charge on any atom is 0.143 e. The van der Waals surface area contributed by atoms with Gasteiger partial charge in [0.15, 0.2) is 0 Å². The normalized spacial score (nSPS) is 23.7. The van der Waals surface area contributed by atoms with E-state index in [4.69, 9.17) is 4.74 Å². The third-order valence-electron chi connectivity index (χ3n) is 4.82. The molecule has 1 saturated heterocycles. The smallest absolute Gasteiger partial charge is 0.143 e. The number of rotatable bonds is 3. The molecule has 2 aromatic heterocycles. The second kappa shape index (κ2) is 5.64. The van der Waals surface area contributed by atoms with Crippen LogP contribution in [-0.4, -0.2) is 34.2 Å². The van der Waals surface area contributed by atoms with Crippen molar-refractivity contribution in [3.63, 3.8) is 0 Å².